The first kappa shape index (κ1) is 14.0. The number of ether oxygens (including phenoxy) is 1. The summed E-state index contributed by atoms with van der Waals surface area (Å²) in [5, 5.41) is 15.1. The van der Waals surface area contributed by atoms with Crippen LogP contribution in [0.3, 0.4) is 0 Å². The molecule has 1 atom stereocenters. The molecule has 1 aromatic carbocycles. The maximum atomic E-state index is 11.7. The van der Waals surface area contributed by atoms with E-state index in [-0.39, 0.29) is 0 Å². The summed E-state index contributed by atoms with van der Waals surface area (Å²) < 4.78 is 10.2. The quantitative estimate of drug-likeness (QED) is 0.738. The third-order valence-electron chi connectivity index (χ3n) is 2.71. The number of methoxy groups -OCH3 is 1. The number of nitrogens with zero attached hydrogens (tertiary/aromatic N) is 1. The molecule has 0 bridgehead atoms. The maximum Gasteiger partial charge on any atom is 0.243 e. The Balaban J connectivity index is 2.30. The summed E-state index contributed by atoms with van der Waals surface area (Å²) in [6.45, 7) is -0.435. The standard InChI is InChI=1S/C13H15N3O4/c1-19-12-3-2-8(11-4-5-15-20-11)6-10(12)16-13(18)9(14)7-17/h2-6,9,17H,7,14H2,1H3,(H,16,18)/t9-/m0/s1. The number of hydrogen-bond donors (Lipinski definition) is 3. The number of amides is 1. The summed E-state index contributed by atoms with van der Waals surface area (Å²) in [4.78, 5) is 11.7. The van der Waals surface area contributed by atoms with Crippen LogP contribution in [0.5, 0.6) is 5.75 Å². The lowest BCUT2D eigenvalue weighted by molar-refractivity contribution is -0.118. The molecule has 7 heteroatoms. The fourth-order valence-electron chi connectivity index (χ4n) is 1.63. The Bertz CT molecular complexity index is 583. The molecule has 2 aromatic rings. The van der Waals surface area contributed by atoms with Crippen molar-refractivity contribution in [3.8, 4) is 17.1 Å². The normalized spacial score (nSPS) is 11.9. The molecule has 7 nitrogen and oxygen atoms in total. The summed E-state index contributed by atoms with van der Waals surface area (Å²) in [5.41, 5.74) is 6.63. The molecular weight excluding hydrogens is 262 g/mol. The van der Waals surface area contributed by atoms with Gasteiger partial charge in [-0.3, -0.25) is 4.79 Å². The molecule has 20 heavy (non-hydrogen) atoms. The zero-order valence-corrected chi connectivity index (χ0v) is 10.9. The summed E-state index contributed by atoms with van der Waals surface area (Å²) in [6, 6.07) is 5.86. The van der Waals surface area contributed by atoms with E-state index in [9.17, 15) is 4.79 Å². The van der Waals surface area contributed by atoms with Gasteiger partial charge in [0.15, 0.2) is 5.76 Å². The van der Waals surface area contributed by atoms with Gasteiger partial charge >= 0.3 is 0 Å². The molecule has 4 N–H and O–H groups in total. The second-order valence-electron chi connectivity index (χ2n) is 4.07. The van der Waals surface area contributed by atoms with E-state index >= 15 is 0 Å². The van der Waals surface area contributed by atoms with Crippen LogP contribution in [0.15, 0.2) is 35.0 Å². The van der Waals surface area contributed by atoms with E-state index in [1.165, 1.54) is 13.3 Å². The number of carbonyl (C=O) groups excluding carboxylic acids is 1. The van der Waals surface area contributed by atoms with Gasteiger partial charge in [-0.1, -0.05) is 5.16 Å². The molecule has 0 spiro atoms. The molecular formula is C13H15N3O4. The minimum Gasteiger partial charge on any atom is -0.495 e. The number of carbonyl (C=O) groups is 1. The Kier molecular flexibility index (Phi) is 4.34. The highest BCUT2D eigenvalue weighted by Crippen LogP contribution is 2.30. The Labute approximate surface area is 115 Å². The van der Waals surface area contributed by atoms with Gasteiger partial charge in [-0.25, -0.2) is 0 Å². The second kappa shape index (κ2) is 6.18. The van der Waals surface area contributed by atoms with E-state index in [2.05, 4.69) is 10.5 Å². The van der Waals surface area contributed by atoms with Gasteiger partial charge in [0.05, 0.1) is 25.6 Å². The molecule has 0 fully saturated rings. The lowest BCUT2D eigenvalue weighted by Gasteiger charge is -2.13. The van der Waals surface area contributed by atoms with Crippen molar-refractivity contribution in [3.63, 3.8) is 0 Å². The number of hydrogen-bond acceptors (Lipinski definition) is 6. The summed E-state index contributed by atoms with van der Waals surface area (Å²) in [7, 11) is 1.49. The fraction of sp³-hybridized carbons (Fsp3) is 0.231. The van der Waals surface area contributed by atoms with Crippen molar-refractivity contribution in [1.29, 1.82) is 0 Å². The first-order chi connectivity index (χ1) is 9.65. The number of aliphatic hydroxyl groups excluding tert-OH is 1. The number of aliphatic hydroxyl groups is 1. The van der Waals surface area contributed by atoms with Crippen LogP contribution in [0, 0.1) is 0 Å². The second-order valence-corrected chi connectivity index (χ2v) is 4.07. The van der Waals surface area contributed by atoms with Gasteiger partial charge in [0.25, 0.3) is 0 Å². The average molecular weight is 277 g/mol. The first-order valence-electron chi connectivity index (χ1n) is 5.92. The first-order valence-corrected chi connectivity index (χ1v) is 5.92. The largest absolute Gasteiger partial charge is 0.495 e. The zero-order valence-electron chi connectivity index (χ0n) is 10.9. The lowest BCUT2D eigenvalue weighted by Crippen LogP contribution is -2.38. The molecule has 2 rings (SSSR count). The molecule has 1 amide bonds. The molecule has 1 aromatic heterocycles. The third kappa shape index (κ3) is 2.95. The smallest absolute Gasteiger partial charge is 0.243 e. The van der Waals surface area contributed by atoms with Crippen LogP contribution in [-0.4, -0.2) is 35.9 Å². The van der Waals surface area contributed by atoms with E-state index in [0.29, 0.717) is 17.2 Å². The summed E-state index contributed by atoms with van der Waals surface area (Å²) >= 11 is 0. The van der Waals surface area contributed by atoms with Crippen molar-refractivity contribution in [3.05, 3.63) is 30.5 Å². The van der Waals surface area contributed by atoms with Crippen molar-refractivity contribution >= 4 is 11.6 Å². The molecule has 0 radical (unpaired) electrons. The van der Waals surface area contributed by atoms with Gasteiger partial charge < -0.3 is 25.4 Å². The fourth-order valence-corrected chi connectivity index (χ4v) is 1.63. The van der Waals surface area contributed by atoms with Gasteiger partial charge in [-0.05, 0) is 18.2 Å². The van der Waals surface area contributed by atoms with E-state index in [4.69, 9.17) is 20.1 Å². The zero-order chi connectivity index (χ0) is 14.5. The van der Waals surface area contributed by atoms with Gasteiger partial charge in [0.1, 0.15) is 11.8 Å². The maximum absolute atomic E-state index is 11.7. The molecule has 0 aliphatic heterocycles. The molecule has 1 heterocycles. The minimum atomic E-state index is -0.992. The van der Waals surface area contributed by atoms with Crippen LogP contribution in [-0.2, 0) is 4.79 Å². The topological polar surface area (TPSA) is 111 Å². The Hall–Kier alpha value is -2.38. The molecule has 0 aliphatic rings. The third-order valence-corrected chi connectivity index (χ3v) is 2.71. The van der Waals surface area contributed by atoms with Crippen molar-refractivity contribution < 1.29 is 19.2 Å². The van der Waals surface area contributed by atoms with E-state index < -0.39 is 18.6 Å². The molecule has 0 saturated carbocycles. The number of benzene rings is 1. The average Bonchev–Trinajstić information content (AvgIpc) is 3.00. The van der Waals surface area contributed by atoms with Crippen LogP contribution in [0.2, 0.25) is 0 Å². The number of anilines is 1. The SMILES string of the molecule is COc1ccc(-c2ccno2)cc1NC(=O)[C@@H](N)CO. The minimum absolute atomic E-state index is 0.435. The van der Waals surface area contributed by atoms with Crippen LogP contribution in [0.1, 0.15) is 0 Å². The van der Waals surface area contributed by atoms with Crippen LogP contribution >= 0.6 is 0 Å². The van der Waals surface area contributed by atoms with Gasteiger partial charge in [-0.15, -0.1) is 0 Å². The van der Waals surface area contributed by atoms with Crippen molar-refractivity contribution in [2.45, 2.75) is 6.04 Å². The molecule has 0 aliphatic carbocycles. The van der Waals surface area contributed by atoms with Gasteiger partial charge in [0.2, 0.25) is 5.91 Å². The highest BCUT2D eigenvalue weighted by atomic mass is 16.5. The lowest BCUT2D eigenvalue weighted by atomic mass is 10.1. The summed E-state index contributed by atoms with van der Waals surface area (Å²) in [5.74, 6) is 0.543. The highest BCUT2D eigenvalue weighted by molar-refractivity contribution is 5.96. The molecule has 0 saturated heterocycles. The van der Waals surface area contributed by atoms with E-state index in [1.54, 1.807) is 24.3 Å². The van der Waals surface area contributed by atoms with E-state index in [0.717, 1.165) is 5.56 Å². The van der Waals surface area contributed by atoms with Crippen molar-refractivity contribution in [2.24, 2.45) is 5.73 Å². The van der Waals surface area contributed by atoms with Crippen molar-refractivity contribution in [1.82, 2.24) is 5.16 Å². The highest BCUT2D eigenvalue weighted by Gasteiger charge is 2.15. The van der Waals surface area contributed by atoms with Crippen LogP contribution in [0.4, 0.5) is 5.69 Å². The predicted molar refractivity (Wildman–Crippen MR) is 72.2 cm³/mol. The Morgan fingerprint density at radius 2 is 2.35 bits per heavy atom. The Morgan fingerprint density at radius 1 is 1.55 bits per heavy atom. The van der Waals surface area contributed by atoms with Gasteiger partial charge in [-0.2, -0.15) is 0 Å². The molecule has 0 unspecified atom stereocenters. The number of rotatable bonds is 5. The number of aromatic nitrogens is 1. The van der Waals surface area contributed by atoms with Gasteiger partial charge in [0, 0.05) is 11.6 Å². The number of nitrogens with one attached hydrogen (secondary N) is 1. The van der Waals surface area contributed by atoms with Crippen molar-refractivity contribution in [2.75, 3.05) is 19.0 Å². The van der Waals surface area contributed by atoms with Crippen LogP contribution in [0.25, 0.3) is 11.3 Å². The number of nitrogens with two attached hydrogens (primary N) is 1. The Morgan fingerprint density at radius 3 is 2.95 bits per heavy atom. The monoisotopic (exact) mass is 277 g/mol. The van der Waals surface area contributed by atoms with E-state index in [1.807, 2.05) is 0 Å². The summed E-state index contributed by atoms with van der Waals surface area (Å²) in [6.07, 6.45) is 1.53. The van der Waals surface area contributed by atoms with Crippen LogP contribution < -0.4 is 15.8 Å². The predicted octanol–water partition coefficient (Wildman–Crippen LogP) is 0.608. The molecule has 106 valence electrons.